The fourth-order valence-corrected chi connectivity index (χ4v) is 2.28. The van der Waals surface area contributed by atoms with Gasteiger partial charge in [-0.3, -0.25) is 4.79 Å². The quantitative estimate of drug-likeness (QED) is 0.782. The summed E-state index contributed by atoms with van der Waals surface area (Å²) in [5.74, 6) is -0.362. The molecule has 0 radical (unpaired) electrons. The normalized spacial score (nSPS) is 18.1. The Hall–Kier alpha value is -1.51. The van der Waals surface area contributed by atoms with Crippen LogP contribution in [0, 0.1) is 0 Å². The molecule has 0 unspecified atom stereocenters. The van der Waals surface area contributed by atoms with Crippen molar-refractivity contribution in [2.24, 2.45) is 5.73 Å². The third-order valence-corrected chi connectivity index (χ3v) is 3.49. The Labute approximate surface area is 96.2 Å². The maximum absolute atomic E-state index is 11.2. The van der Waals surface area contributed by atoms with E-state index >= 15 is 0 Å². The fourth-order valence-electron chi connectivity index (χ4n) is 2.28. The van der Waals surface area contributed by atoms with Gasteiger partial charge in [0.25, 0.3) is 0 Å². The SMILES string of the molecule is CN1CCC(C)(C)c2ccc(C(N)=O)cc21. The van der Waals surface area contributed by atoms with Gasteiger partial charge in [0.2, 0.25) is 5.91 Å². The highest BCUT2D eigenvalue weighted by Gasteiger charge is 2.29. The van der Waals surface area contributed by atoms with Crippen LogP contribution in [0.4, 0.5) is 5.69 Å². The second kappa shape index (κ2) is 3.51. The van der Waals surface area contributed by atoms with E-state index in [2.05, 4.69) is 25.8 Å². The van der Waals surface area contributed by atoms with Gasteiger partial charge in [0, 0.05) is 24.8 Å². The van der Waals surface area contributed by atoms with Crippen molar-refractivity contribution in [1.82, 2.24) is 0 Å². The Balaban J connectivity index is 2.56. The van der Waals surface area contributed by atoms with E-state index in [1.807, 2.05) is 18.2 Å². The van der Waals surface area contributed by atoms with E-state index in [0.717, 1.165) is 18.7 Å². The Kier molecular flexibility index (Phi) is 2.41. The molecular weight excluding hydrogens is 200 g/mol. The molecule has 0 atom stereocenters. The third kappa shape index (κ3) is 1.66. The molecule has 0 spiro atoms. The lowest BCUT2D eigenvalue weighted by Gasteiger charge is -2.38. The van der Waals surface area contributed by atoms with Crippen molar-refractivity contribution >= 4 is 11.6 Å². The van der Waals surface area contributed by atoms with Gasteiger partial charge < -0.3 is 10.6 Å². The molecule has 0 aromatic heterocycles. The summed E-state index contributed by atoms with van der Waals surface area (Å²) in [4.78, 5) is 13.3. The number of nitrogens with zero attached hydrogens (tertiary/aromatic N) is 1. The predicted octanol–water partition coefficient (Wildman–Crippen LogP) is 1.90. The Bertz CT molecular complexity index is 438. The summed E-state index contributed by atoms with van der Waals surface area (Å²) in [7, 11) is 2.05. The molecule has 1 aromatic rings. The summed E-state index contributed by atoms with van der Waals surface area (Å²) < 4.78 is 0. The Morgan fingerprint density at radius 1 is 1.44 bits per heavy atom. The lowest BCUT2D eigenvalue weighted by molar-refractivity contribution is 0.1000. The monoisotopic (exact) mass is 218 g/mol. The number of rotatable bonds is 1. The van der Waals surface area contributed by atoms with Gasteiger partial charge in [-0.2, -0.15) is 0 Å². The van der Waals surface area contributed by atoms with Gasteiger partial charge in [-0.05, 0) is 29.5 Å². The number of amides is 1. The summed E-state index contributed by atoms with van der Waals surface area (Å²) in [5, 5.41) is 0. The average Bonchev–Trinajstić information content (AvgIpc) is 2.23. The number of nitrogens with two attached hydrogens (primary N) is 1. The third-order valence-electron chi connectivity index (χ3n) is 3.49. The topological polar surface area (TPSA) is 46.3 Å². The van der Waals surface area contributed by atoms with Crippen LogP contribution in [0.5, 0.6) is 0 Å². The molecule has 0 saturated carbocycles. The lowest BCUT2D eigenvalue weighted by atomic mass is 9.77. The van der Waals surface area contributed by atoms with E-state index in [0.29, 0.717) is 5.56 Å². The molecule has 2 rings (SSSR count). The molecule has 3 nitrogen and oxygen atoms in total. The van der Waals surface area contributed by atoms with Crippen molar-refractivity contribution in [3.8, 4) is 0 Å². The highest BCUT2D eigenvalue weighted by atomic mass is 16.1. The van der Waals surface area contributed by atoms with E-state index in [4.69, 9.17) is 5.73 Å². The number of hydrogen-bond donors (Lipinski definition) is 1. The molecule has 1 heterocycles. The van der Waals surface area contributed by atoms with E-state index in [1.54, 1.807) is 0 Å². The second-order valence-corrected chi connectivity index (χ2v) is 5.15. The maximum Gasteiger partial charge on any atom is 0.248 e. The van der Waals surface area contributed by atoms with Crippen LogP contribution in [0.2, 0.25) is 0 Å². The molecule has 16 heavy (non-hydrogen) atoms. The number of fused-ring (bicyclic) bond motifs is 1. The smallest absolute Gasteiger partial charge is 0.248 e. The maximum atomic E-state index is 11.2. The molecule has 1 aliphatic rings. The van der Waals surface area contributed by atoms with Crippen molar-refractivity contribution < 1.29 is 4.79 Å². The number of carbonyl (C=O) groups is 1. The minimum Gasteiger partial charge on any atom is -0.374 e. The zero-order valence-electron chi connectivity index (χ0n) is 10.1. The van der Waals surface area contributed by atoms with Crippen LogP contribution in [0.3, 0.4) is 0 Å². The van der Waals surface area contributed by atoms with E-state index < -0.39 is 0 Å². The van der Waals surface area contributed by atoms with Crippen LogP contribution < -0.4 is 10.6 Å². The highest BCUT2D eigenvalue weighted by molar-refractivity contribution is 5.94. The number of primary amides is 1. The molecule has 2 N–H and O–H groups in total. The van der Waals surface area contributed by atoms with Crippen LogP contribution in [0.15, 0.2) is 18.2 Å². The molecule has 0 saturated heterocycles. The average molecular weight is 218 g/mol. The van der Waals surface area contributed by atoms with Crippen molar-refractivity contribution in [2.75, 3.05) is 18.5 Å². The van der Waals surface area contributed by atoms with E-state index in [-0.39, 0.29) is 11.3 Å². The Morgan fingerprint density at radius 2 is 2.12 bits per heavy atom. The van der Waals surface area contributed by atoms with Gasteiger partial charge in [-0.15, -0.1) is 0 Å². The van der Waals surface area contributed by atoms with Gasteiger partial charge in [0.15, 0.2) is 0 Å². The highest BCUT2D eigenvalue weighted by Crippen LogP contribution is 2.39. The summed E-state index contributed by atoms with van der Waals surface area (Å²) in [6.45, 7) is 5.49. The van der Waals surface area contributed by atoms with Crippen LogP contribution in [-0.2, 0) is 5.41 Å². The van der Waals surface area contributed by atoms with Crippen LogP contribution >= 0.6 is 0 Å². The van der Waals surface area contributed by atoms with Gasteiger partial charge in [0.05, 0.1) is 0 Å². The summed E-state index contributed by atoms with van der Waals surface area (Å²) in [5.41, 5.74) is 8.50. The fraction of sp³-hybridized carbons (Fsp3) is 0.462. The number of anilines is 1. The standard InChI is InChI=1S/C13H18N2O/c1-13(2)6-7-15(3)11-8-9(12(14)16)4-5-10(11)13/h4-5,8H,6-7H2,1-3H3,(H2,14,16). The zero-order valence-corrected chi connectivity index (χ0v) is 10.1. The zero-order chi connectivity index (χ0) is 11.9. The van der Waals surface area contributed by atoms with Gasteiger partial charge in [-0.1, -0.05) is 19.9 Å². The molecule has 1 aromatic carbocycles. The van der Waals surface area contributed by atoms with Crippen LogP contribution in [0.25, 0.3) is 0 Å². The summed E-state index contributed by atoms with van der Waals surface area (Å²) in [6.07, 6.45) is 1.13. The number of benzene rings is 1. The van der Waals surface area contributed by atoms with Gasteiger partial charge in [0.1, 0.15) is 0 Å². The van der Waals surface area contributed by atoms with Crippen molar-refractivity contribution in [3.63, 3.8) is 0 Å². The number of carbonyl (C=O) groups excluding carboxylic acids is 1. The molecule has 3 heteroatoms. The molecule has 1 aliphatic heterocycles. The minimum absolute atomic E-state index is 0.179. The summed E-state index contributed by atoms with van der Waals surface area (Å²) >= 11 is 0. The molecule has 0 fully saturated rings. The second-order valence-electron chi connectivity index (χ2n) is 5.15. The molecule has 0 aliphatic carbocycles. The molecule has 86 valence electrons. The van der Waals surface area contributed by atoms with Gasteiger partial charge in [-0.25, -0.2) is 0 Å². The molecule has 1 amide bonds. The van der Waals surface area contributed by atoms with E-state index in [1.165, 1.54) is 5.56 Å². The first-order valence-electron chi connectivity index (χ1n) is 5.57. The van der Waals surface area contributed by atoms with Crippen molar-refractivity contribution in [2.45, 2.75) is 25.7 Å². The van der Waals surface area contributed by atoms with Crippen LogP contribution in [0.1, 0.15) is 36.2 Å². The van der Waals surface area contributed by atoms with Gasteiger partial charge >= 0.3 is 0 Å². The Morgan fingerprint density at radius 3 is 2.75 bits per heavy atom. The minimum atomic E-state index is -0.362. The lowest BCUT2D eigenvalue weighted by Crippen LogP contribution is -2.35. The van der Waals surface area contributed by atoms with E-state index in [9.17, 15) is 4.79 Å². The van der Waals surface area contributed by atoms with Crippen LogP contribution in [-0.4, -0.2) is 19.5 Å². The molecule has 0 bridgehead atoms. The molecular formula is C13H18N2O. The first-order valence-corrected chi connectivity index (χ1v) is 5.57. The van der Waals surface area contributed by atoms with Crippen molar-refractivity contribution in [1.29, 1.82) is 0 Å². The number of hydrogen-bond acceptors (Lipinski definition) is 2. The first kappa shape index (κ1) is 11.0. The first-order chi connectivity index (χ1) is 7.42. The predicted molar refractivity (Wildman–Crippen MR) is 65.9 cm³/mol. The summed E-state index contributed by atoms with van der Waals surface area (Å²) in [6, 6.07) is 5.76. The van der Waals surface area contributed by atoms with Crippen molar-refractivity contribution in [3.05, 3.63) is 29.3 Å². The largest absolute Gasteiger partial charge is 0.374 e.